The molecule has 1 aliphatic rings. The van der Waals surface area contributed by atoms with Crippen LogP contribution in [-0.2, 0) is 5.92 Å². The largest absolute Gasteiger partial charge is 0.300 e. The highest BCUT2D eigenvalue weighted by atomic mass is 19.3. The highest BCUT2D eigenvalue weighted by Crippen LogP contribution is 2.30. The van der Waals surface area contributed by atoms with E-state index in [1.54, 1.807) is 0 Å². The van der Waals surface area contributed by atoms with Gasteiger partial charge in [0.2, 0.25) is 0 Å². The van der Waals surface area contributed by atoms with Gasteiger partial charge in [-0.2, -0.15) is 0 Å². The number of aromatic nitrogens is 1. The quantitative estimate of drug-likeness (QED) is 0.758. The first-order chi connectivity index (χ1) is 11.9. The molecule has 0 saturated carbocycles. The zero-order chi connectivity index (χ0) is 17.9. The fourth-order valence-electron chi connectivity index (χ4n) is 3.14. The molecule has 3 rings (SSSR count). The monoisotopic (exact) mass is 342 g/mol. The number of halogens is 2. The second-order valence-electron chi connectivity index (χ2n) is 6.81. The molecule has 0 spiro atoms. The van der Waals surface area contributed by atoms with E-state index in [1.807, 2.05) is 31.2 Å². The Hall–Kier alpha value is -2.07. The predicted octanol–water partition coefficient (Wildman–Crippen LogP) is 5.03. The van der Waals surface area contributed by atoms with Gasteiger partial charge in [-0.3, -0.25) is 9.88 Å². The van der Waals surface area contributed by atoms with Gasteiger partial charge in [0.25, 0.3) is 5.92 Å². The van der Waals surface area contributed by atoms with E-state index < -0.39 is 5.92 Å². The Balaban J connectivity index is 1.98. The van der Waals surface area contributed by atoms with Gasteiger partial charge in [0, 0.05) is 30.8 Å². The summed E-state index contributed by atoms with van der Waals surface area (Å²) in [6, 6.07) is 11.0. The van der Waals surface area contributed by atoms with Crippen molar-refractivity contribution in [3.05, 3.63) is 71.1 Å². The molecular formula is C21H24F2N2. The standard InChI is InChI=1S/C21H24F2N2/c1-16-5-7-17(8-6-16)19(10-14-25-12-3-4-13-25)20-15-18(9-11-24-20)21(2,22)23/h5-11,15H,3-4,12-14H2,1-2H3/b19-10+. The minimum absolute atomic E-state index is 0.00307. The second-order valence-corrected chi connectivity index (χ2v) is 6.81. The first kappa shape index (κ1) is 17.7. The van der Waals surface area contributed by atoms with Crippen LogP contribution < -0.4 is 0 Å². The number of hydrogen-bond donors (Lipinski definition) is 0. The summed E-state index contributed by atoms with van der Waals surface area (Å²) in [4.78, 5) is 6.76. The third kappa shape index (κ3) is 4.51. The maximum absolute atomic E-state index is 13.7. The van der Waals surface area contributed by atoms with Crippen molar-refractivity contribution < 1.29 is 8.78 Å². The summed E-state index contributed by atoms with van der Waals surface area (Å²) < 4.78 is 27.5. The van der Waals surface area contributed by atoms with Crippen molar-refractivity contribution in [3.63, 3.8) is 0 Å². The van der Waals surface area contributed by atoms with Gasteiger partial charge in [-0.1, -0.05) is 35.9 Å². The minimum atomic E-state index is -2.87. The third-order valence-corrected chi connectivity index (χ3v) is 4.66. The van der Waals surface area contributed by atoms with Gasteiger partial charge in [0.15, 0.2) is 0 Å². The topological polar surface area (TPSA) is 16.1 Å². The first-order valence-corrected chi connectivity index (χ1v) is 8.78. The molecule has 132 valence electrons. The van der Waals surface area contributed by atoms with Crippen LogP contribution in [0.3, 0.4) is 0 Å². The van der Waals surface area contributed by atoms with E-state index in [2.05, 4.69) is 16.0 Å². The summed E-state index contributed by atoms with van der Waals surface area (Å²) in [6.45, 7) is 5.97. The van der Waals surface area contributed by atoms with Gasteiger partial charge >= 0.3 is 0 Å². The molecule has 1 aromatic carbocycles. The minimum Gasteiger partial charge on any atom is -0.300 e. The molecular weight excluding hydrogens is 318 g/mol. The smallest absolute Gasteiger partial charge is 0.270 e. The van der Waals surface area contributed by atoms with Crippen molar-refractivity contribution in [1.82, 2.24) is 9.88 Å². The van der Waals surface area contributed by atoms with Gasteiger partial charge < -0.3 is 0 Å². The molecule has 25 heavy (non-hydrogen) atoms. The van der Waals surface area contributed by atoms with Crippen molar-refractivity contribution in [1.29, 1.82) is 0 Å². The van der Waals surface area contributed by atoms with Crippen molar-refractivity contribution >= 4 is 5.57 Å². The molecule has 1 aromatic heterocycles. The Kier molecular flexibility index (Phi) is 5.28. The molecule has 0 unspecified atom stereocenters. The van der Waals surface area contributed by atoms with E-state index in [1.165, 1.54) is 36.7 Å². The van der Waals surface area contributed by atoms with Crippen LogP contribution in [0.1, 0.15) is 42.1 Å². The van der Waals surface area contributed by atoms with Gasteiger partial charge in [0.1, 0.15) is 0 Å². The van der Waals surface area contributed by atoms with E-state index in [0.717, 1.165) is 37.7 Å². The number of aryl methyl sites for hydroxylation is 1. The summed E-state index contributed by atoms with van der Waals surface area (Å²) in [6.07, 6.45) is 6.04. The maximum atomic E-state index is 13.7. The average molecular weight is 342 g/mol. The van der Waals surface area contributed by atoms with Crippen molar-refractivity contribution in [2.75, 3.05) is 19.6 Å². The van der Waals surface area contributed by atoms with Crippen LogP contribution in [0.15, 0.2) is 48.7 Å². The van der Waals surface area contributed by atoms with Crippen molar-refractivity contribution in [2.24, 2.45) is 0 Å². The van der Waals surface area contributed by atoms with E-state index in [-0.39, 0.29) is 5.56 Å². The number of rotatable bonds is 5. The summed E-state index contributed by atoms with van der Waals surface area (Å²) in [5.41, 5.74) is 3.69. The molecule has 0 aliphatic carbocycles. The van der Waals surface area contributed by atoms with Crippen LogP contribution in [0.5, 0.6) is 0 Å². The van der Waals surface area contributed by atoms with Gasteiger partial charge in [-0.25, -0.2) is 8.78 Å². The zero-order valence-corrected chi connectivity index (χ0v) is 14.8. The van der Waals surface area contributed by atoms with Crippen molar-refractivity contribution in [2.45, 2.75) is 32.6 Å². The van der Waals surface area contributed by atoms with Crippen LogP contribution >= 0.6 is 0 Å². The SMILES string of the molecule is Cc1ccc(/C(=C\CN2CCCC2)c2cc(C(C)(F)F)ccn2)cc1. The lowest BCUT2D eigenvalue weighted by molar-refractivity contribution is 0.0173. The number of benzene rings is 1. The molecule has 0 bridgehead atoms. The fourth-order valence-corrected chi connectivity index (χ4v) is 3.14. The summed E-state index contributed by atoms with van der Waals surface area (Å²) in [5, 5.41) is 0. The third-order valence-electron chi connectivity index (χ3n) is 4.66. The molecule has 0 N–H and O–H groups in total. The van der Waals surface area contributed by atoms with Crippen molar-refractivity contribution in [3.8, 4) is 0 Å². The summed E-state index contributed by atoms with van der Waals surface area (Å²) in [7, 11) is 0. The Morgan fingerprint density at radius 1 is 1.16 bits per heavy atom. The molecule has 4 heteroatoms. The maximum Gasteiger partial charge on any atom is 0.270 e. The average Bonchev–Trinajstić information content (AvgIpc) is 3.10. The lowest BCUT2D eigenvalue weighted by Gasteiger charge is -2.16. The van der Waals surface area contributed by atoms with Crippen LogP contribution in [0.2, 0.25) is 0 Å². The van der Waals surface area contributed by atoms with Gasteiger partial charge in [-0.15, -0.1) is 0 Å². The van der Waals surface area contributed by atoms with Crippen LogP contribution in [0.4, 0.5) is 8.78 Å². The molecule has 2 heterocycles. The van der Waals surface area contributed by atoms with Gasteiger partial charge in [-0.05, 0) is 50.6 Å². The normalized spacial score (nSPS) is 16.4. The number of hydrogen-bond acceptors (Lipinski definition) is 2. The number of pyridine rings is 1. The Morgan fingerprint density at radius 3 is 2.48 bits per heavy atom. The molecule has 2 aromatic rings. The van der Waals surface area contributed by atoms with Crippen LogP contribution in [0.25, 0.3) is 5.57 Å². The molecule has 1 saturated heterocycles. The van der Waals surface area contributed by atoms with Crippen LogP contribution in [0, 0.1) is 6.92 Å². The van der Waals surface area contributed by atoms with Crippen LogP contribution in [-0.4, -0.2) is 29.5 Å². The van der Waals surface area contributed by atoms with Gasteiger partial charge in [0.05, 0.1) is 5.69 Å². The molecule has 0 amide bonds. The lowest BCUT2D eigenvalue weighted by atomic mass is 9.98. The van der Waals surface area contributed by atoms with E-state index >= 15 is 0 Å². The highest BCUT2D eigenvalue weighted by Gasteiger charge is 2.25. The number of alkyl halides is 2. The predicted molar refractivity (Wildman–Crippen MR) is 97.7 cm³/mol. The Morgan fingerprint density at radius 2 is 1.84 bits per heavy atom. The number of likely N-dealkylation sites (tertiary alicyclic amines) is 1. The summed E-state index contributed by atoms with van der Waals surface area (Å²) in [5.74, 6) is -2.87. The highest BCUT2D eigenvalue weighted by molar-refractivity contribution is 5.78. The Labute approximate surface area is 148 Å². The zero-order valence-electron chi connectivity index (χ0n) is 14.8. The first-order valence-electron chi connectivity index (χ1n) is 8.78. The molecule has 1 aliphatic heterocycles. The van der Waals surface area contributed by atoms with E-state index in [0.29, 0.717) is 5.69 Å². The second kappa shape index (κ2) is 7.44. The number of nitrogens with zero attached hydrogens (tertiary/aromatic N) is 2. The Bertz CT molecular complexity index is 739. The summed E-state index contributed by atoms with van der Waals surface area (Å²) >= 11 is 0. The molecule has 1 fully saturated rings. The fraction of sp³-hybridized carbons (Fsp3) is 0.381. The van der Waals surface area contributed by atoms with E-state index in [9.17, 15) is 8.78 Å². The lowest BCUT2D eigenvalue weighted by Crippen LogP contribution is -2.19. The molecule has 0 radical (unpaired) electrons. The molecule has 2 nitrogen and oxygen atoms in total. The van der Waals surface area contributed by atoms with E-state index in [4.69, 9.17) is 0 Å². The molecule has 0 atom stereocenters.